The second-order valence-corrected chi connectivity index (χ2v) is 3.44. The quantitative estimate of drug-likeness (QED) is 0.597. The fraction of sp³-hybridized carbons (Fsp3) is 0.778. The Balaban J connectivity index is 3.43. The first kappa shape index (κ1) is 9.70. The second kappa shape index (κ2) is 4.51. The summed E-state index contributed by atoms with van der Waals surface area (Å²) in [5, 5.41) is 9.33. The van der Waals surface area contributed by atoms with E-state index in [1.807, 2.05) is 6.92 Å². The van der Waals surface area contributed by atoms with Gasteiger partial charge in [0.15, 0.2) is 0 Å². The van der Waals surface area contributed by atoms with Gasteiger partial charge in [-0.2, -0.15) is 0 Å². The van der Waals surface area contributed by atoms with E-state index in [2.05, 4.69) is 20.4 Å². The molecule has 1 nitrogen and oxygen atoms in total. The molecule has 0 aliphatic heterocycles. The zero-order valence-electron chi connectivity index (χ0n) is 7.22. The van der Waals surface area contributed by atoms with E-state index in [0.717, 1.165) is 18.4 Å². The van der Waals surface area contributed by atoms with Crippen molar-refractivity contribution in [3.8, 4) is 0 Å². The van der Waals surface area contributed by atoms with Gasteiger partial charge in [0.25, 0.3) is 0 Å². The third kappa shape index (κ3) is 5.83. The van der Waals surface area contributed by atoms with Crippen LogP contribution in [0, 0.1) is 5.92 Å². The molecule has 0 rings (SSSR count). The number of rotatable bonds is 4. The average molecular weight is 142 g/mol. The van der Waals surface area contributed by atoms with Crippen molar-refractivity contribution in [2.75, 3.05) is 0 Å². The van der Waals surface area contributed by atoms with Crippen molar-refractivity contribution >= 4 is 0 Å². The summed E-state index contributed by atoms with van der Waals surface area (Å²) >= 11 is 0. The summed E-state index contributed by atoms with van der Waals surface area (Å²) in [5.74, 6) is 0.578. The molecule has 1 N–H and O–H groups in total. The first-order valence-electron chi connectivity index (χ1n) is 3.84. The smallest absolute Gasteiger partial charge is 0.0579 e. The van der Waals surface area contributed by atoms with Gasteiger partial charge in [0.05, 0.1) is 6.10 Å². The lowest BCUT2D eigenvalue weighted by Crippen LogP contribution is -2.09. The molecular weight excluding hydrogens is 124 g/mol. The predicted octanol–water partition coefficient (Wildman–Crippen LogP) is 2.36. The summed E-state index contributed by atoms with van der Waals surface area (Å²) in [6.07, 6.45) is 1.45. The van der Waals surface area contributed by atoms with Crippen LogP contribution in [0.3, 0.4) is 0 Å². The molecular formula is C9H18O. The van der Waals surface area contributed by atoms with Gasteiger partial charge in [0, 0.05) is 0 Å². The van der Waals surface area contributed by atoms with Crippen molar-refractivity contribution in [3.63, 3.8) is 0 Å². The van der Waals surface area contributed by atoms with E-state index in [9.17, 15) is 5.11 Å². The number of aliphatic hydroxyl groups is 1. The van der Waals surface area contributed by atoms with Gasteiger partial charge in [0.2, 0.25) is 0 Å². The fourth-order valence-electron chi connectivity index (χ4n) is 1.03. The molecule has 1 heteroatoms. The van der Waals surface area contributed by atoms with Crippen LogP contribution in [0.25, 0.3) is 0 Å². The van der Waals surface area contributed by atoms with Gasteiger partial charge in [-0.05, 0) is 25.7 Å². The molecule has 0 aromatic heterocycles. The molecule has 0 heterocycles. The second-order valence-electron chi connectivity index (χ2n) is 3.44. The molecule has 0 amide bonds. The molecule has 0 aromatic rings. The van der Waals surface area contributed by atoms with Crippen LogP contribution in [0.15, 0.2) is 12.2 Å². The number of hydrogen-bond acceptors (Lipinski definition) is 1. The maximum absolute atomic E-state index is 9.33. The van der Waals surface area contributed by atoms with Crippen LogP contribution < -0.4 is 0 Å². The Hall–Kier alpha value is -0.300. The van der Waals surface area contributed by atoms with Crippen molar-refractivity contribution < 1.29 is 5.11 Å². The van der Waals surface area contributed by atoms with Crippen molar-refractivity contribution in [2.24, 2.45) is 5.92 Å². The Morgan fingerprint density at radius 3 is 2.30 bits per heavy atom. The van der Waals surface area contributed by atoms with Crippen LogP contribution in [0.4, 0.5) is 0 Å². The standard InChI is InChI=1S/C9H18O/c1-7(2)5-9(10)6-8(3)4/h8-10H,1,5-6H2,2-4H3/t9-/m0/s1. The van der Waals surface area contributed by atoms with E-state index >= 15 is 0 Å². The SMILES string of the molecule is C=C(C)C[C@H](O)CC(C)C. The van der Waals surface area contributed by atoms with Gasteiger partial charge in [-0.1, -0.05) is 19.4 Å². The van der Waals surface area contributed by atoms with Gasteiger partial charge in [-0.25, -0.2) is 0 Å². The molecule has 60 valence electrons. The van der Waals surface area contributed by atoms with Gasteiger partial charge in [0.1, 0.15) is 0 Å². The van der Waals surface area contributed by atoms with Crippen LogP contribution in [0.5, 0.6) is 0 Å². The maximum atomic E-state index is 9.33. The van der Waals surface area contributed by atoms with E-state index in [0.29, 0.717) is 5.92 Å². The van der Waals surface area contributed by atoms with Crippen LogP contribution in [0.1, 0.15) is 33.6 Å². The highest BCUT2D eigenvalue weighted by molar-refractivity contribution is 4.90. The lowest BCUT2D eigenvalue weighted by Gasteiger charge is -2.11. The minimum Gasteiger partial charge on any atom is -0.393 e. The molecule has 0 spiro atoms. The Bertz CT molecular complexity index is 105. The molecule has 0 saturated heterocycles. The van der Waals surface area contributed by atoms with Crippen molar-refractivity contribution in [3.05, 3.63) is 12.2 Å². The van der Waals surface area contributed by atoms with E-state index in [1.165, 1.54) is 0 Å². The average Bonchev–Trinajstić information content (AvgIpc) is 1.58. The van der Waals surface area contributed by atoms with Gasteiger partial charge >= 0.3 is 0 Å². The highest BCUT2D eigenvalue weighted by atomic mass is 16.3. The summed E-state index contributed by atoms with van der Waals surface area (Å²) < 4.78 is 0. The molecule has 0 saturated carbocycles. The van der Waals surface area contributed by atoms with Crippen LogP contribution in [-0.2, 0) is 0 Å². The van der Waals surface area contributed by atoms with E-state index in [1.54, 1.807) is 0 Å². The minimum absolute atomic E-state index is 0.183. The summed E-state index contributed by atoms with van der Waals surface area (Å²) in [4.78, 5) is 0. The maximum Gasteiger partial charge on any atom is 0.0579 e. The molecule has 0 fully saturated rings. The molecule has 0 bridgehead atoms. The molecule has 0 radical (unpaired) electrons. The first-order chi connectivity index (χ1) is 4.52. The zero-order valence-corrected chi connectivity index (χ0v) is 7.22. The van der Waals surface area contributed by atoms with Crippen LogP contribution in [0.2, 0.25) is 0 Å². The molecule has 0 unspecified atom stereocenters. The van der Waals surface area contributed by atoms with Crippen LogP contribution >= 0.6 is 0 Å². The summed E-state index contributed by atoms with van der Waals surface area (Å²) in [5.41, 5.74) is 1.06. The highest BCUT2D eigenvalue weighted by Crippen LogP contribution is 2.10. The Kier molecular flexibility index (Phi) is 4.37. The van der Waals surface area contributed by atoms with Gasteiger partial charge in [-0.3, -0.25) is 0 Å². The molecule has 1 atom stereocenters. The number of aliphatic hydroxyl groups excluding tert-OH is 1. The van der Waals surface area contributed by atoms with E-state index < -0.39 is 0 Å². The third-order valence-corrected chi connectivity index (χ3v) is 1.33. The van der Waals surface area contributed by atoms with E-state index in [-0.39, 0.29) is 6.10 Å². The minimum atomic E-state index is -0.183. The predicted molar refractivity (Wildman–Crippen MR) is 44.9 cm³/mol. The Morgan fingerprint density at radius 2 is 2.00 bits per heavy atom. The topological polar surface area (TPSA) is 20.2 Å². The lowest BCUT2D eigenvalue weighted by atomic mass is 10.0. The van der Waals surface area contributed by atoms with Crippen molar-refractivity contribution in [1.82, 2.24) is 0 Å². The van der Waals surface area contributed by atoms with E-state index in [4.69, 9.17) is 0 Å². The monoisotopic (exact) mass is 142 g/mol. The Labute approximate surface area is 63.8 Å². The lowest BCUT2D eigenvalue weighted by molar-refractivity contribution is 0.149. The zero-order chi connectivity index (χ0) is 8.15. The normalized spacial score (nSPS) is 13.7. The first-order valence-corrected chi connectivity index (χ1v) is 3.84. The van der Waals surface area contributed by atoms with Crippen LogP contribution in [-0.4, -0.2) is 11.2 Å². The molecule has 0 aliphatic carbocycles. The molecule has 0 aliphatic rings. The summed E-state index contributed by atoms with van der Waals surface area (Å²) in [7, 11) is 0. The fourth-order valence-corrected chi connectivity index (χ4v) is 1.03. The van der Waals surface area contributed by atoms with Crippen molar-refractivity contribution in [2.45, 2.75) is 39.7 Å². The summed E-state index contributed by atoms with van der Waals surface area (Å²) in [6, 6.07) is 0. The highest BCUT2D eigenvalue weighted by Gasteiger charge is 2.05. The summed E-state index contributed by atoms with van der Waals surface area (Å²) in [6.45, 7) is 9.92. The van der Waals surface area contributed by atoms with Gasteiger partial charge in [-0.15, -0.1) is 6.58 Å². The Morgan fingerprint density at radius 1 is 1.50 bits per heavy atom. The number of hydrogen-bond donors (Lipinski definition) is 1. The molecule has 0 aromatic carbocycles. The molecule has 10 heavy (non-hydrogen) atoms. The van der Waals surface area contributed by atoms with Crippen molar-refractivity contribution in [1.29, 1.82) is 0 Å². The van der Waals surface area contributed by atoms with Gasteiger partial charge < -0.3 is 5.11 Å². The largest absolute Gasteiger partial charge is 0.393 e. The third-order valence-electron chi connectivity index (χ3n) is 1.33.